The molecule has 0 saturated heterocycles. The highest BCUT2D eigenvalue weighted by Gasteiger charge is 2.20. The first-order valence-electron chi connectivity index (χ1n) is 7.42. The van der Waals surface area contributed by atoms with Crippen LogP contribution in [0, 0.1) is 0 Å². The molecular formula is C15H24N2O3S. The van der Waals surface area contributed by atoms with Crippen LogP contribution in [0.4, 0.5) is 11.4 Å². The summed E-state index contributed by atoms with van der Waals surface area (Å²) in [4.78, 5) is 0. The van der Waals surface area contributed by atoms with Crippen molar-refractivity contribution in [1.29, 1.82) is 0 Å². The Kier molecular flexibility index (Phi) is 5.47. The van der Waals surface area contributed by atoms with Gasteiger partial charge in [-0.1, -0.05) is 0 Å². The third kappa shape index (κ3) is 4.89. The van der Waals surface area contributed by atoms with Crippen LogP contribution in [0.5, 0.6) is 0 Å². The van der Waals surface area contributed by atoms with Crippen LogP contribution in [-0.2, 0) is 14.8 Å². The molecule has 0 aromatic heterocycles. The van der Waals surface area contributed by atoms with Gasteiger partial charge < -0.3 is 10.1 Å². The van der Waals surface area contributed by atoms with Crippen LogP contribution in [0.25, 0.3) is 0 Å². The van der Waals surface area contributed by atoms with Gasteiger partial charge in [-0.25, -0.2) is 8.42 Å². The number of ether oxygens (including phenoxy) is 1. The maximum Gasteiger partial charge on any atom is 0.232 e. The molecule has 0 aliphatic heterocycles. The molecule has 1 aromatic carbocycles. The van der Waals surface area contributed by atoms with Gasteiger partial charge in [0.2, 0.25) is 10.0 Å². The second kappa shape index (κ2) is 7.13. The lowest BCUT2D eigenvalue weighted by Crippen LogP contribution is -2.29. The molecule has 1 fully saturated rings. The Labute approximate surface area is 127 Å². The van der Waals surface area contributed by atoms with Gasteiger partial charge in [-0.05, 0) is 56.9 Å². The number of hydrogen-bond donors (Lipinski definition) is 2. The van der Waals surface area contributed by atoms with E-state index in [9.17, 15) is 8.42 Å². The molecule has 0 atom stereocenters. The summed E-state index contributed by atoms with van der Waals surface area (Å²) in [6.45, 7) is 1.62. The topological polar surface area (TPSA) is 67.4 Å². The van der Waals surface area contributed by atoms with Gasteiger partial charge in [0.25, 0.3) is 0 Å². The van der Waals surface area contributed by atoms with E-state index in [0.29, 0.717) is 17.8 Å². The molecular weight excluding hydrogens is 288 g/mol. The second-order valence-electron chi connectivity index (χ2n) is 5.44. The fourth-order valence-corrected chi connectivity index (χ4v) is 3.20. The highest BCUT2D eigenvalue weighted by molar-refractivity contribution is 7.92. The quantitative estimate of drug-likeness (QED) is 0.847. The van der Waals surface area contributed by atoms with E-state index in [-0.39, 0.29) is 5.75 Å². The van der Waals surface area contributed by atoms with Crippen molar-refractivity contribution >= 4 is 21.4 Å². The molecule has 0 unspecified atom stereocenters. The van der Waals surface area contributed by atoms with Crippen molar-refractivity contribution in [2.45, 2.75) is 44.8 Å². The summed E-state index contributed by atoms with van der Waals surface area (Å²) < 4.78 is 30.9. The van der Waals surface area contributed by atoms with Crippen molar-refractivity contribution in [1.82, 2.24) is 0 Å². The zero-order valence-corrected chi connectivity index (χ0v) is 13.4. The van der Waals surface area contributed by atoms with Crippen molar-refractivity contribution < 1.29 is 13.2 Å². The molecule has 6 heteroatoms. The fourth-order valence-electron chi connectivity index (χ4n) is 2.56. The second-order valence-corrected chi connectivity index (χ2v) is 7.45. The van der Waals surface area contributed by atoms with Crippen molar-refractivity contribution in [3.63, 3.8) is 0 Å². The first-order valence-corrected chi connectivity index (χ1v) is 9.07. The predicted octanol–water partition coefficient (Wildman–Crippen LogP) is 2.82. The summed E-state index contributed by atoms with van der Waals surface area (Å²) >= 11 is 0. The van der Waals surface area contributed by atoms with Crippen molar-refractivity contribution in [3.05, 3.63) is 24.3 Å². The summed E-state index contributed by atoms with van der Waals surface area (Å²) in [5.74, 6) is 0.0791. The number of nitrogens with one attached hydrogen (secondary N) is 2. The molecule has 1 aliphatic rings. The van der Waals surface area contributed by atoms with Gasteiger partial charge in [-0.3, -0.25) is 4.72 Å². The van der Waals surface area contributed by atoms with Gasteiger partial charge in [-0.15, -0.1) is 0 Å². The van der Waals surface area contributed by atoms with E-state index in [0.717, 1.165) is 31.4 Å². The molecule has 0 bridgehead atoms. The van der Waals surface area contributed by atoms with Gasteiger partial charge in [0, 0.05) is 24.5 Å². The van der Waals surface area contributed by atoms with E-state index < -0.39 is 10.0 Å². The van der Waals surface area contributed by atoms with E-state index in [1.165, 1.54) is 0 Å². The molecule has 1 saturated carbocycles. The smallest absolute Gasteiger partial charge is 0.232 e. The van der Waals surface area contributed by atoms with E-state index in [2.05, 4.69) is 10.0 Å². The Bertz CT molecular complexity index is 535. The zero-order chi connectivity index (χ0) is 15.3. The molecule has 0 heterocycles. The third-order valence-electron chi connectivity index (χ3n) is 3.92. The minimum atomic E-state index is -3.21. The SMILES string of the molecule is CCS(=O)(=O)Nc1ccc(NC2CCC(OC)CC2)cc1. The number of methoxy groups -OCH3 is 1. The summed E-state index contributed by atoms with van der Waals surface area (Å²) in [5, 5.41) is 3.50. The third-order valence-corrected chi connectivity index (χ3v) is 5.22. The number of rotatable bonds is 6. The fraction of sp³-hybridized carbons (Fsp3) is 0.600. The molecule has 2 rings (SSSR count). The van der Waals surface area contributed by atoms with E-state index in [1.54, 1.807) is 26.2 Å². The number of benzene rings is 1. The molecule has 5 nitrogen and oxygen atoms in total. The van der Waals surface area contributed by atoms with Crippen molar-refractivity contribution in [2.75, 3.05) is 22.9 Å². The number of sulfonamides is 1. The minimum absolute atomic E-state index is 0.0791. The molecule has 21 heavy (non-hydrogen) atoms. The molecule has 0 radical (unpaired) electrons. The van der Waals surface area contributed by atoms with Crippen molar-refractivity contribution in [2.24, 2.45) is 0 Å². The largest absolute Gasteiger partial charge is 0.382 e. The number of hydrogen-bond acceptors (Lipinski definition) is 4. The lowest BCUT2D eigenvalue weighted by Gasteiger charge is -2.29. The Balaban J connectivity index is 1.88. The van der Waals surface area contributed by atoms with E-state index >= 15 is 0 Å². The number of anilines is 2. The average molecular weight is 312 g/mol. The van der Waals surface area contributed by atoms with E-state index in [4.69, 9.17) is 4.74 Å². The Hall–Kier alpha value is -1.27. The van der Waals surface area contributed by atoms with Crippen LogP contribution in [0.3, 0.4) is 0 Å². The lowest BCUT2D eigenvalue weighted by molar-refractivity contribution is 0.0682. The van der Waals surface area contributed by atoms with Gasteiger partial charge in [0.1, 0.15) is 0 Å². The summed E-state index contributed by atoms with van der Waals surface area (Å²) in [6, 6.07) is 7.87. The summed E-state index contributed by atoms with van der Waals surface area (Å²) in [5.41, 5.74) is 1.63. The first kappa shape index (κ1) is 16.1. The van der Waals surface area contributed by atoms with Crippen LogP contribution in [0.2, 0.25) is 0 Å². The summed E-state index contributed by atoms with van der Waals surface area (Å²) in [7, 11) is -1.43. The Morgan fingerprint density at radius 2 is 1.67 bits per heavy atom. The maximum absolute atomic E-state index is 11.5. The van der Waals surface area contributed by atoms with Gasteiger partial charge in [-0.2, -0.15) is 0 Å². The molecule has 2 N–H and O–H groups in total. The highest BCUT2D eigenvalue weighted by Crippen LogP contribution is 2.24. The minimum Gasteiger partial charge on any atom is -0.382 e. The van der Waals surface area contributed by atoms with Gasteiger partial charge >= 0.3 is 0 Å². The van der Waals surface area contributed by atoms with Crippen LogP contribution < -0.4 is 10.0 Å². The zero-order valence-electron chi connectivity index (χ0n) is 12.6. The predicted molar refractivity (Wildman–Crippen MR) is 86.2 cm³/mol. The monoisotopic (exact) mass is 312 g/mol. The van der Waals surface area contributed by atoms with Gasteiger partial charge in [0.05, 0.1) is 11.9 Å². The molecule has 118 valence electrons. The molecule has 0 amide bonds. The molecule has 1 aliphatic carbocycles. The highest BCUT2D eigenvalue weighted by atomic mass is 32.2. The Morgan fingerprint density at radius 3 is 2.19 bits per heavy atom. The van der Waals surface area contributed by atoms with Crippen LogP contribution in [0.15, 0.2) is 24.3 Å². The van der Waals surface area contributed by atoms with Crippen LogP contribution in [0.1, 0.15) is 32.6 Å². The van der Waals surface area contributed by atoms with Crippen LogP contribution >= 0.6 is 0 Å². The maximum atomic E-state index is 11.5. The molecule has 0 spiro atoms. The Morgan fingerprint density at radius 1 is 1.10 bits per heavy atom. The van der Waals surface area contributed by atoms with Crippen molar-refractivity contribution in [3.8, 4) is 0 Å². The van der Waals surface area contributed by atoms with Crippen LogP contribution in [-0.4, -0.2) is 33.4 Å². The van der Waals surface area contributed by atoms with E-state index in [1.807, 2.05) is 12.1 Å². The molecule has 1 aromatic rings. The summed E-state index contributed by atoms with van der Waals surface area (Å²) in [6.07, 6.45) is 4.77. The average Bonchev–Trinajstić information content (AvgIpc) is 2.50. The van der Waals surface area contributed by atoms with Gasteiger partial charge in [0.15, 0.2) is 0 Å². The first-order chi connectivity index (χ1) is 10.0. The standard InChI is InChI=1S/C15H24N2O3S/c1-3-21(18,19)17-14-6-4-12(5-7-14)16-13-8-10-15(20-2)11-9-13/h4-7,13,15-17H,3,8-11H2,1-2H3. The normalized spacial score (nSPS) is 22.8. The lowest BCUT2D eigenvalue weighted by atomic mass is 9.93.